The van der Waals surface area contributed by atoms with Gasteiger partial charge in [0.2, 0.25) is 0 Å². The van der Waals surface area contributed by atoms with E-state index in [1.54, 1.807) is 19.2 Å². The van der Waals surface area contributed by atoms with Gasteiger partial charge in [-0.25, -0.2) is 4.79 Å². The molecule has 5 nitrogen and oxygen atoms in total. The van der Waals surface area contributed by atoms with Crippen LogP contribution in [0.3, 0.4) is 0 Å². The van der Waals surface area contributed by atoms with Gasteiger partial charge < -0.3 is 20.9 Å². The fourth-order valence-electron chi connectivity index (χ4n) is 2.33. The van der Waals surface area contributed by atoms with E-state index in [-0.39, 0.29) is 5.56 Å². The molecule has 4 N–H and O–H groups in total. The number of carboxylic acids is 1. The highest BCUT2D eigenvalue weighted by Gasteiger charge is 2.24. The highest BCUT2D eigenvalue weighted by atomic mass is 16.5. The zero-order valence-corrected chi connectivity index (χ0v) is 10.3. The van der Waals surface area contributed by atoms with Crippen molar-refractivity contribution in [2.45, 2.75) is 31.4 Å². The molecule has 5 heteroatoms. The van der Waals surface area contributed by atoms with Crippen molar-refractivity contribution in [3.05, 3.63) is 23.8 Å². The van der Waals surface area contributed by atoms with Crippen molar-refractivity contribution in [3.8, 4) is 0 Å². The van der Waals surface area contributed by atoms with Gasteiger partial charge in [-0.2, -0.15) is 0 Å². The number of benzene rings is 1. The number of hydrogen-bond acceptors (Lipinski definition) is 4. The summed E-state index contributed by atoms with van der Waals surface area (Å²) < 4.78 is 5.31. The Kier molecular flexibility index (Phi) is 3.72. The Morgan fingerprint density at radius 2 is 2.28 bits per heavy atom. The molecule has 1 aliphatic rings. The third-order valence-corrected chi connectivity index (χ3v) is 3.38. The van der Waals surface area contributed by atoms with Gasteiger partial charge in [-0.1, -0.05) is 0 Å². The number of anilines is 2. The van der Waals surface area contributed by atoms with Gasteiger partial charge in [-0.3, -0.25) is 0 Å². The van der Waals surface area contributed by atoms with Gasteiger partial charge in [0.05, 0.1) is 23.0 Å². The standard InChI is InChI=1S/C13H18N2O3/c1-18-10-4-3-9(7-10)15-12-5-2-8(13(16)17)6-11(12)14/h2,5-6,9-10,15H,3-4,7,14H2,1H3,(H,16,17). The molecule has 0 radical (unpaired) electrons. The van der Waals surface area contributed by atoms with Crippen LogP contribution in [0.15, 0.2) is 18.2 Å². The Morgan fingerprint density at radius 3 is 2.83 bits per heavy atom. The molecule has 2 unspecified atom stereocenters. The van der Waals surface area contributed by atoms with E-state index >= 15 is 0 Å². The first-order valence-electron chi connectivity index (χ1n) is 6.02. The van der Waals surface area contributed by atoms with Crippen LogP contribution < -0.4 is 11.1 Å². The van der Waals surface area contributed by atoms with E-state index in [1.165, 1.54) is 6.07 Å². The lowest BCUT2D eigenvalue weighted by Gasteiger charge is -2.16. The molecule has 1 aromatic rings. The first kappa shape index (κ1) is 12.7. The van der Waals surface area contributed by atoms with Crippen LogP contribution in [0.4, 0.5) is 11.4 Å². The molecule has 18 heavy (non-hydrogen) atoms. The van der Waals surface area contributed by atoms with Crippen LogP contribution in [-0.4, -0.2) is 30.3 Å². The smallest absolute Gasteiger partial charge is 0.335 e. The van der Waals surface area contributed by atoms with Gasteiger partial charge in [0.25, 0.3) is 0 Å². The van der Waals surface area contributed by atoms with E-state index in [4.69, 9.17) is 15.6 Å². The molecule has 1 aromatic carbocycles. The lowest BCUT2D eigenvalue weighted by atomic mass is 10.1. The van der Waals surface area contributed by atoms with Gasteiger partial charge in [0.15, 0.2) is 0 Å². The Labute approximate surface area is 106 Å². The second-order valence-corrected chi connectivity index (χ2v) is 4.62. The monoisotopic (exact) mass is 250 g/mol. The van der Waals surface area contributed by atoms with Crippen molar-refractivity contribution in [1.29, 1.82) is 0 Å². The molecule has 0 heterocycles. The topological polar surface area (TPSA) is 84.6 Å². The van der Waals surface area contributed by atoms with Crippen molar-refractivity contribution >= 4 is 17.3 Å². The lowest BCUT2D eigenvalue weighted by Crippen LogP contribution is -2.18. The van der Waals surface area contributed by atoms with Crippen LogP contribution in [0.2, 0.25) is 0 Å². The number of methoxy groups -OCH3 is 1. The van der Waals surface area contributed by atoms with Crippen LogP contribution in [0, 0.1) is 0 Å². The Morgan fingerprint density at radius 1 is 1.50 bits per heavy atom. The van der Waals surface area contributed by atoms with Gasteiger partial charge in [-0.05, 0) is 37.5 Å². The summed E-state index contributed by atoms with van der Waals surface area (Å²) in [7, 11) is 1.73. The van der Waals surface area contributed by atoms with Crippen LogP contribution in [0.1, 0.15) is 29.6 Å². The average molecular weight is 250 g/mol. The average Bonchev–Trinajstić information content (AvgIpc) is 2.79. The summed E-state index contributed by atoms with van der Waals surface area (Å²) in [4.78, 5) is 10.8. The SMILES string of the molecule is COC1CCC(Nc2ccc(C(=O)O)cc2N)C1. The minimum absolute atomic E-state index is 0.208. The van der Waals surface area contributed by atoms with Crippen LogP contribution in [0.25, 0.3) is 0 Å². The van der Waals surface area contributed by atoms with Gasteiger partial charge in [0, 0.05) is 13.2 Å². The number of aromatic carboxylic acids is 1. The third kappa shape index (κ3) is 2.73. The molecule has 0 spiro atoms. The number of carboxylic acid groups (broad SMARTS) is 1. The van der Waals surface area contributed by atoms with E-state index in [0.717, 1.165) is 24.9 Å². The van der Waals surface area contributed by atoms with Crippen LogP contribution in [-0.2, 0) is 4.74 Å². The highest BCUT2D eigenvalue weighted by Crippen LogP contribution is 2.27. The minimum atomic E-state index is -0.964. The summed E-state index contributed by atoms with van der Waals surface area (Å²) in [6.07, 6.45) is 3.35. The molecule has 0 aliphatic heterocycles. The summed E-state index contributed by atoms with van der Waals surface area (Å²) in [5.41, 5.74) is 7.32. The van der Waals surface area contributed by atoms with Crippen molar-refractivity contribution in [1.82, 2.24) is 0 Å². The lowest BCUT2D eigenvalue weighted by molar-refractivity contribution is 0.0697. The molecule has 1 saturated carbocycles. The quantitative estimate of drug-likeness (QED) is 0.711. The number of carbonyl (C=O) groups is 1. The number of nitrogens with one attached hydrogen (secondary N) is 1. The highest BCUT2D eigenvalue weighted by molar-refractivity contribution is 5.90. The van der Waals surface area contributed by atoms with E-state index in [1.807, 2.05) is 0 Å². The molecule has 0 bridgehead atoms. The van der Waals surface area contributed by atoms with Crippen LogP contribution in [0.5, 0.6) is 0 Å². The Hall–Kier alpha value is -1.75. The van der Waals surface area contributed by atoms with E-state index in [9.17, 15) is 4.79 Å². The van der Waals surface area contributed by atoms with E-state index < -0.39 is 5.97 Å². The predicted octanol–water partition coefficient (Wildman–Crippen LogP) is 1.95. The molecular weight excluding hydrogens is 232 g/mol. The molecule has 0 amide bonds. The Balaban J connectivity index is 2.04. The van der Waals surface area contributed by atoms with Crippen LogP contribution >= 0.6 is 0 Å². The number of rotatable bonds is 4. The second kappa shape index (κ2) is 5.27. The zero-order valence-electron chi connectivity index (χ0n) is 10.3. The number of ether oxygens (including phenoxy) is 1. The molecule has 98 valence electrons. The summed E-state index contributed by atoms with van der Waals surface area (Å²) in [6.45, 7) is 0. The number of nitrogens with two attached hydrogens (primary N) is 1. The first-order valence-corrected chi connectivity index (χ1v) is 6.02. The summed E-state index contributed by atoms with van der Waals surface area (Å²) in [6, 6.07) is 5.10. The fraction of sp³-hybridized carbons (Fsp3) is 0.462. The summed E-state index contributed by atoms with van der Waals surface area (Å²) >= 11 is 0. The molecule has 1 aliphatic carbocycles. The van der Waals surface area contributed by atoms with Gasteiger partial charge >= 0.3 is 5.97 Å². The zero-order chi connectivity index (χ0) is 13.1. The molecule has 2 atom stereocenters. The van der Waals surface area contributed by atoms with E-state index in [0.29, 0.717) is 17.8 Å². The third-order valence-electron chi connectivity index (χ3n) is 3.38. The first-order chi connectivity index (χ1) is 8.60. The maximum absolute atomic E-state index is 10.8. The normalized spacial score (nSPS) is 22.9. The maximum atomic E-state index is 10.8. The van der Waals surface area contributed by atoms with Gasteiger partial charge in [-0.15, -0.1) is 0 Å². The Bertz CT molecular complexity index is 448. The molecular formula is C13H18N2O3. The second-order valence-electron chi connectivity index (χ2n) is 4.62. The molecule has 2 rings (SSSR count). The minimum Gasteiger partial charge on any atom is -0.478 e. The van der Waals surface area contributed by atoms with Gasteiger partial charge in [0.1, 0.15) is 0 Å². The number of hydrogen-bond donors (Lipinski definition) is 3. The summed E-state index contributed by atoms with van der Waals surface area (Å²) in [5, 5.41) is 12.2. The largest absolute Gasteiger partial charge is 0.478 e. The fourth-order valence-corrected chi connectivity index (χ4v) is 2.33. The van der Waals surface area contributed by atoms with Crippen molar-refractivity contribution < 1.29 is 14.6 Å². The van der Waals surface area contributed by atoms with Crippen molar-refractivity contribution in [2.75, 3.05) is 18.2 Å². The van der Waals surface area contributed by atoms with Crippen molar-refractivity contribution in [3.63, 3.8) is 0 Å². The summed E-state index contributed by atoms with van der Waals surface area (Å²) in [5.74, 6) is -0.964. The number of nitrogen functional groups attached to an aromatic ring is 1. The molecule has 0 saturated heterocycles. The predicted molar refractivity (Wildman–Crippen MR) is 69.9 cm³/mol. The molecule has 0 aromatic heterocycles. The van der Waals surface area contributed by atoms with Crippen molar-refractivity contribution in [2.24, 2.45) is 0 Å². The molecule has 1 fully saturated rings. The van der Waals surface area contributed by atoms with E-state index in [2.05, 4.69) is 5.32 Å². The maximum Gasteiger partial charge on any atom is 0.335 e.